The van der Waals surface area contributed by atoms with E-state index in [0.29, 0.717) is 11.0 Å². The molecule has 3 aromatic carbocycles. The third-order valence-corrected chi connectivity index (χ3v) is 4.72. The van der Waals surface area contributed by atoms with Gasteiger partial charge in [0.15, 0.2) is 0 Å². The Bertz CT molecular complexity index is 1120. The van der Waals surface area contributed by atoms with Crippen LogP contribution < -0.4 is 0 Å². The van der Waals surface area contributed by atoms with Gasteiger partial charge in [-0.25, -0.2) is 9.78 Å². The number of aromatic nitrogens is 2. The van der Waals surface area contributed by atoms with Crippen LogP contribution in [0.15, 0.2) is 67.0 Å². The SMILES string of the molecule is Cc1ccccc1-c1ccc(-c2cc(C(=O)O)c3c(c2)ncn3C)cc1. The molecule has 26 heavy (non-hydrogen) atoms. The highest BCUT2D eigenvalue weighted by Gasteiger charge is 2.15. The lowest BCUT2D eigenvalue weighted by molar-refractivity contribution is 0.0698. The molecule has 1 heterocycles. The Morgan fingerprint density at radius 1 is 0.962 bits per heavy atom. The van der Waals surface area contributed by atoms with E-state index in [1.54, 1.807) is 24.0 Å². The van der Waals surface area contributed by atoms with Gasteiger partial charge in [-0.3, -0.25) is 0 Å². The molecular formula is C22H18N2O2. The molecule has 0 atom stereocenters. The molecule has 4 aromatic rings. The number of aryl methyl sites for hydroxylation is 2. The number of imidazole rings is 1. The van der Waals surface area contributed by atoms with E-state index >= 15 is 0 Å². The second-order valence-corrected chi connectivity index (χ2v) is 6.44. The van der Waals surface area contributed by atoms with Crippen molar-refractivity contribution in [3.05, 3.63) is 78.1 Å². The van der Waals surface area contributed by atoms with E-state index in [1.165, 1.54) is 11.1 Å². The van der Waals surface area contributed by atoms with Gasteiger partial charge in [-0.15, -0.1) is 0 Å². The summed E-state index contributed by atoms with van der Waals surface area (Å²) >= 11 is 0. The van der Waals surface area contributed by atoms with Crippen molar-refractivity contribution < 1.29 is 9.90 Å². The molecule has 4 heteroatoms. The molecular weight excluding hydrogens is 324 g/mol. The lowest BCUT2D eigenvalue weighted by Gasteiger charge is -2.09. The molecule has 0 radical (unpaired) electrons. The van der Waals surface area contributed by atoms with E-state index in [1.807, 2.05) is 30.3 Å². The van der Waals surface area contributed by atoms with Crippen molar-refractivity contribution in [1.82, 2.24) is 9.55 Å². The molecule has 0 aliphatic rings. The maximum absolute atomic E-state index is 11.7. The molecule has 128 valence electrons. The van der Waals surface area contributed by atoms with Gasteiger partial charge in [0, 0.05) is 7.05 Å². The van der Waals surface area contributed by atoms with Crippen LogP contribution in [0.3, 0.4) is 0 Å². The third-order valence-electron chi connectivity index (χ3n) is 4.72. The van der Waals surface area contributed by atoms with Crippen molar-refractivity contribution in [2.24, 2.45) is 7.05 Å². The summed E-state index contributed by atoms with van der Waals surface area (Å²) in [5, 5.41) is 9.58. The van der Waals surface area contributed by atoms with Crippen molar-refractivity contribution in [3.63, 3.8) is 0 Å². The van der Waals surface area contributed by atoms with E-state index in [-0.39, 0.29) is 5.56 Å². The summed E-state index contributed by atoms with van der Waals surface area (Å²) in [4.78, 5) is 16.0. The first-order valence-electron chi connectivity index (χ1n) is 8.39. The minimum Gasteiger partial charge on any atom is -0.478 e. The third kappa shape index (κ3) is 2.65. The number of carbonyl (C=O) groups is 1. The predicted molar refractivity (Wildman–Crippen MR) is 103 cm³/mol. The summed E-state index contributed by atoms with van der Waals surface area (Å²) in [6.45, 7) is 2.09. The number of rotatable bonds is 3. The first-order chi connectivity index (χ1) is 12.5. The van der Waals surface area contributed by atoms with Crippen molar-refractivity contribution in [2.45, 2.75) is 6.92 Å². The smallest absolute Gasteiger partial charge is 0.337 e. The zero-order valence-corrected chi connectivity index (χ0v) is 14.6. The van der Waals surface area contributed by atoms with Gasteiger partial charge >= 0.3 is 5.97 Å². The van der Waals surface area contributed by atoms with E-state index in [2.05, 4.69) is 36.2 Å². The monoisotopic (exact) mass is 342 g/mol. The van der Waals surface area contributed by atoms with E-state index in [4.69, 9.17) is 0 Å². The molecule has 0 amide bonds. The van der Waals surface area contributed by atoms with Gasteiger partial charge in [0.25, 0.3) is 0 Å². The Morgan fingerprint density at radius 3 is 2.35 bits per heavy atom. The van der Waals surface area contributed by atoms with Crippen LogP contribution in [0.25, 0.3) is 33.3 Å². The fourth-order valence-electron chi connectivity index (χ4n) is 3.36. The van der Waals surface area contributed by atoms with Crippen LogP contribution in [0.2, 0.25) is 0 Å². The normalized spacial score (nSPS) is 11.0. The van der Waals surface area contributed by atoms with E-state index in [9.17, 15) is 9.90 Å². The number of hydrogen-bond acceptors (Lipinski definition) is 2. The van der Waals surface area contributed by atoms with Crippen LogP contribution in [0, 0.1) is 6.92 Å². The first-order valence-corrected chi connectivity index (χ1v) is 8.39. The molecule has 4 nitrogen and oxygen atoms in total. The molecule has 0 fully saturated rings. The summed E-state index contributed by atoms with van der Waals surface area (Å²) in [6.07, 6.45) is 1.64. The number of aromatic carboxylic acids is 1. The van der Waals surface area contributed by atoms with Crippen LogP contribution in [-0.4, -0.2) is 20.6 Å². The number of fused-ring (bicyclic) bond motifs is 1. The molecule has 0 aliphatic carbocycles. The highest BCUT2D eigenvalue weighted by molar-refractivity contribution is 6.03. The number of carboxylic acid groups (broad SMARTS) is 1. The molecule has 0 spiro atoms. The second kappa shape index (κ2) is 6.15. The largest absolute Gasteiger partial charge is 0.478 e. The lowest BCUT2D eigenvalue weighted by Crippen LogP contribution is -2.01. The summed E-state index contributed by atoms with van der Waals surface area (Å²) in [7, 11) is 1.80. The topological polar surface area (TPSA) is 55.1 Å². The summed E-state index contributed by atoms with van der Waals surface area (Å²) in [6, 6.07) is 20.1. The molecule has 0 aliphatic heterocycles. The molecule has 1 aromatic heterocycles. The van der Waals surface area contributed by atoms with Crippen LogP contribution in [0.1, 0.15) is 15.9 Å². The Labute approximate surface area is 151 Å². The standard InChI is InChI=1S/C22H18N2O2/c1-14-5-3-4-6-18(14)16-9-7-15(8-10-16)17-11-19(22(25)26)21-20(12-17)23-13-24(21)2/h3-13H,1-2H3,(H,25,26). The minimum atomic E-state index is -0.947. The van der Waals surface area contributed by atoms with Crippen molar-refractivity contribution in [1.29, 1.82) is 0 Å². The Morgan fingerprint density at radius 2 is 1.65 bits per heavy atom. The maximum atomic E-state index is 11.7. The number of nitrogens with zero attached hydrogens (tertiary/aromatic N) is 2. The molecule has 4 rings (SSSR count). The number of hydrogen-bond donors (Lipinski definition) is 1. The zero-order valence-electron chi connectivity index (χ0n) is 14.6. The van der Waals surface area contributed by atoms with Crippen molar-refractivity contribution in [2.75, 3.05) is 0 Å². The maximum Gasteiger partial charge on any atom is 0.337 e. The quantitative estimate of drug-likeness (QED) is 0.575. The lowest BCUT2D eigenvalue weighted by atomic mass is 9.96. The van der Waals surface area contributed by atoms with Gasteiger partial charge in [-0.05, 0) is 46.9 Å². The Kier molecular flexibility index (Phi) is 3.81. The summed E-state index contributed by atoms with van der Waals surface area (Å²) in [5.41, 5.74) is 6.98. The van der Waals surface area contributed by atoms with Crippen LogP contribution >= 0.6 is 0 Å². The van der Waals surface area contributed by atoms with Gasteiger partial charge in [0.2, 0.25) is 0 Å². The van der Waals surface area contributed by atoms with Crippen LogP contribution in [0.4, 0.5) is 0 Å². The number of carboxylic acids is 1. The van der Waals surface area contributed by atoms with Crippen LogP contribution in [0.5, 0.6) is 0 Å². The van der Waals surface area contributed by atoms with Crippen LogP contribution in [-0.2, 0) is 7.05 Å². The first kappa shape index (κ1) is 16.1. The summed E-state index contributed by atoms with van der Waals surface area (Å²) in [5.74, 6) is -0.947. The molecule has 0 saturated heterocycles. The van der Waals surface area contributed by atoms with Gasteiger partial charge < -0.3 is 9.67 Å². The van der Waals surface area contributed by atoms with Gasteiger partial charge in [0.05, 0.1) is 22.9 Å². The molecule has 0 saturated carbocycles. The zero-order chi connectivity index (χ0) is 18.3. The molecule has 0 bridgehead atoms. The fraction of sp³-hybridized carbons (Fsp3) is 0.0909. The average molecular weight is 342 g/mol. The van der Waals surface area contributed by atoms with E-state index < -0.39 is 5.97 Å². The van der Waals surface area contributed by atoms with Crippen molar-refractivity contribution >= 4 is 17.0 Å². The number of benzene rings is 3. The van der Waals surface area contributed by atoms with Gasteiger partial charge in [-0.1, -0.05) is 48.5 Å². The van der Waals surface area contributed by atoms with Gasteiger partial charge in [0.1, 0.15) is 0 Å². The molecule has 0 unspecified atom stereocenters. The minimum absolute atomic E-state index is 0.264. The Balaban J connectivity index is 1.81. The molecule has 1 N–H and O–H groups in total. The van der Waals surface area contributed by atoms with Gasteiger partial charge in [-0.2, -0.15) is 0 Å². The van der Waals surface area contributed by atoms with Crippen molar-refractivity contribution in [3.8, 4) is 22.3 Å². The second-order valence-electron chi connectivity index (χ2n) is 6.44. The highest BCUT2D eigenvalue weighted by atomic mass is 16.4. The average Bonchev–Trinajstić information content (AvgIpc) is 3.02. The highest BCUT2D eigenvalue weighted by Crippen LogP contribution is 2.30. The van der Waals surface area contributed by atoms with E-state index in [0.717, 1.165) is 16.7 Å². The Hall–Kier alpha value is -3.40. The predicted octanol–water partition coefficient (Wildman–Crippen LogP) is 4.91. The fourth-order valence-corrected chi connectivity index (χ4v) is 3.36. The summed E-state index contributed by atoms with van der Waals surface area (Å²) < 4.78 is 1.74.